The van der Waals surface area contributed by atoms with Gasteiger partial charge in [0.05, 0.1) is 18.6 Å². The molecular weight excluding hydrogens is 412 g/mol. The van der Waals surface area contributed by atoms with Crippen LogP contribution in [-0.2, 0) is 16.4 Å². The first-order valence-electron chi connectivity index (χ1n) is 9.92. The molecule has 0 radical (unpaired) electrons. The zero-order valence-corrected chi connectivity index (χ0v) is 17.9. The van der Waals surface area contributed by atoms with Crippen LogP contribution in [0.25, 0.3) is 0 Å². The predicted octanol–water partition coefficient (Wildman–Crippen LogP) is 3.46. The summed E-state index contributed by atoms with van der Waals surface area (Å²) in [5.41, 5.74) is 3.76. The van der Waals surface area contributed by atoms with E-state index in [0.29, 0.717) is 11.4 Å². The second-order valence-electron chi connectivity index (χ2n) is 7.13. The van der Waals surface area contributed by atoms with E-state index in [9.17, 15) is 8.42 Å². The Morgan fingerprint density at radius 2 is 1.52 bits per heavy atom. The van der Waals surface area contributed by atoms with Crippen LogP contribution in [0.15, 0.2) is 82.7 Å². The number of benzene rings is 3. The third-order valence-corrected chi connectivity index (χ3v) is 6.27. The van der Waals surface area contributed by atoms with Gasteiger partial charge in [0.25, 0.3) is 10.0 Å². The summed E-state index contributed by atoms with van der Waals surface area (Å²) in [6.45, 7) is 1.67. The van der Waals surface area contributed by atoms with Crippen molar-refractivity contribution in [1.29, 1.82) is 0 Å². The molecule has 1 aliphatic rings. The summed E-state index contributed by atoms with van der Waals surface area (Å²) < 4.78 is 32.8. The third-order valence-electron chi connectivity index (χ3n) is 4.87. The van der Waals surface area contributed by atoms with E-state index in [-0.39, 0.29) is 4.90 Å². The molecular formula is C23H24N4O3S. The van der Waals surface area contributed by atoms with Crippen LogP contribution in [0.3, 0.4) is 0 Å². The van der Waals surface area contributed by atoms with Gasteiger partial charge in [-0.05, 0) is 66.1 Å². The average Bonchev–Trinajstić information content (AvgIpc) is 3.29. The lowest BCUT2D eigenvalue weighted by atomic mass is 10.0. The first-order chi connectivity index (χ1) is 15.0. The Morgan fingerprint density at radius 3 is 2.06 bits per heavy atom. The van der Waals surface area contributed by atoms with Crippen LogP contribution in [0.1, 0.15) is 11.1 Å². The monoisotopic (exact) mass is 436 g/mol. The Hall–Kier alpha value is -3.52. The molecule has 3 aromatic carbocycles. The van der Waals surface area contributed by atoms with E-state index >= 15 is 0 Å². The highest BCUT2D eigenvalue weighted by atomic mass is 32.2. The van der Waals surface area contributed by atoms with Gasteiger partial charge in [0.15, 0.2) is 5.96 Å². The molecule has 7 nitrogen and oxygen atoms in total. The van der Waals surface area contributed by atoms with Crippen molar-refractivity contribution in [2.24, 2.45) is 4.99 Å². The molecule has 160 valence electrons. The number of hydrogen-bond donors (Lipinski definition) is 3. The standard InChI is InChI=1S/C23H24N4O3S/c1-30-21-10-12-22(13-11-21)31(28,29)27-20-8-4-18(5-9-20)16-17-2-6-19(7-3-17)26-23-24-14-15-25-23/h2-13,27H,14-16H2,1H3,(H2,24,25,26). The highest BCUT2D eigenvalue weighted by Gasteiger charge is 2.14. The summed E-state index contributed by atoms with van der Waals surface area (Å²) in [6.07, 6.45) is 0.755. The first-order valence-corrected chi connectivity index (χ1v) is 11.4. The highest BCUT2D eigenvalue weighted by Crippen LogP contribution is 2.20. The number of aliphatic imine (C=N–C) groups is 1. The zero-order chi connectivity index (χ0) is 21.7. The minimum absolute atomic E-state index is 0.185. The highest BCUT2D eigenvalue weighted by molar-refractivity contribution is 7.92. The molecule has 0 amide bonds. The largest absolute Gasteiger partial charge is 0.497 e. The van der Waals surface area contributed by atoms with Crippen molar-refractivity contribution in [3.8, 4) is 5.75 Å². The van der Waals surface area contributed by atoms with Crippen LogP contribution in [0, 0.1) is 0 Å². The number of nitrogens with zero attached hydrogens (tertiary/aromatic N) is 1. The van der Waals surface area contributed by atoms with Crippen molar-refractivity contribution in [3.05, 3.63) is 83.9 Å². The SMILES string of the molecule is COc1ccc(S(=O)(=O)Nc2ccc(Cc3ccc(NC4=NCCN4)cc3)cc2)cc1. The summed E-state index contributed by atoms with van der Waals surface area (Å²) in [7, 11) is -2.11. The number of methoxy groups -OCH3 is 1. The molecule has 0 saturated carbocycles. The molecule has 4 rings (SSSR count). The smallest absolute Gasteiger partial charge is 0.261 e. The lowest BCUT2D eigenvalue weighted by Crippen LogP contribution is -2.26. The van der Waals surface area contributed by atoms with Crippen molar-refractivity contribution in [2.45, 2.75) is 11.3 Å². The number of guanidine groups is 1. The van der Waals surface area contributed by atoms with Gasteiger partial charge < -0.3 is 15.4 Å². The van der Waals surface area contributed by atoms with Crippen molar-refractivity contribution in [1.82, 2.24) is 5.32 Å². The maximum absolute atomic E-state index is 12.6. The fraction of sp³-hybridized carbons (Fsp3) is 0.174. The van der Waals surface area contributed by atoms with Crippen LogP contribution in [0.5, 0.6) is 5.75 Å². The number of sulfonamides is 1. The van der Waals surface area contributed by atoms with Crippen molar-refractivity contribution in [3.63, 3.8) is 0 Å². The summed E-state index contributed by atoms with van der Waals surface area (Å²) >= 11 is 0. The molecule has 0 fully saturated rings. The molecule has 8 heteroatoms. The van der Waals surface area contributed by atoms with Crippen molar-refractivity contribution in [2.75, 3.05) is 30.2 Å². The van der Waals surface area contributed by atoms with E-state index in [0.717, 1.165) is 36.7 Å². The minimum Gasteiger partial charge on any atom is -0.497 e. The van der Waals surface area contributed by atoms with Crippen LogP contribution in [0.4, 0.5) is 11.4 Å². The summed E-state index contributed by atoms with van der Waals surface area (Å²) in [5, 5.41) is 6.43. The van der Waals surface area contributed by atoms with Gasteiger partial charge in [0.2, 0.25) is 0 Å². The number of anilines is 2. The van der Waals surface area contributed by atoms with Gasteiger partial charge >= 0.3 is 0 Å². The van der Waals surface area contributed by atoms with Crippen LogP contribution in [-0.4, -0.2) is 34.6 Å². The predicted molar refractivity (Wildman–Crippen MR) is 123 cm³/mol. The Morgan fingerprint density at radius 1 is 0.903 bits per heavy atom. The van der Waals surface area contributed by atoms with Crippen LogP contribution < -0.4 is 20.1 Å². The summed E-state index contributed by atoms with van der Waals surface area (Å²) in [5.74, 6) is 1.41. The van der Waals surface area contributed by atoms with Gasteiger partial charge in [0, 0.05) is 17.9 Å². The minimum atomic E-state index is -3.65. The Bertz CT molecular complexity index is 1160. The summed E-state index contributed by atoms with van der Waals surface area (Å²) in [4.78, 5) is 4.51. The molecule has 0 aromatic heterocycles. The normalized spacial score (nSPS) is 13.3. The van der Waals surface area contributed by atoms with Crippen LogP contribution >= 0.6 is 0 Å². The fourth-order valence-electron chi connectivity index (χ4n) is 3.22. The topological polar surface area (TPSA) is 91.8 Å². The maximum Gasteiger partial charge on any atom is 0.261 e. The zero-order valence-electron chi connectivity index (χ0n) is 17.1. The van der Waals surface area contributed by atoms with Gasteiger partial charge in [-0.25, -0.2) is 8.42 Å². The van der Waals surface area contributed by atoms with Crippen LogP contribution in [0.2, 0.25) is 0 Å². The second kappa shape index (κ2) is 9.09. The van der Waals surface area contributed by atoms with Crippen molar-refractivity contribution < 1.29 is 13.2 Å². The molecule has 3 N–H and O–H groups in total. The van der Waals surface area contributed by atoms with Gasteiger partial charge in [0.1, 0.15) is 5.75 Å². The van der Waals surface area contributed by atoms with Crippen molar-refractivity contribution >= 4 is 27.4 Å². The number of rotatable bonds is 7. The quantitative estimate of drug-likeness (QED) is 0.528. The Kier molecular flexibility index (Phi) is 6.08. The molecule has 1 aliphatic heterocycles. The maximum atomic E-state index is 12.6. The molecule has 0 aliphatic carbocycles. The van der Waals surface area contributed by atoms with E-state index < -0.39 is 10.0 Å². The summed E-state index contributed by atoms with van der Waals surface area (Å²) in [6, 6.07) is 21.9. The van der Waals surface area contributed by atoms with E-state index in [1.807, 2.05) is 24.3 Å². The number of hydrogen-bond acceptors (Lipinski definition) is 6. The van der Waals surface area contributed by atoms with Gasteiger partial charge in [-0.3, -0.25) is 9.71 Å². The van der Waals surface area contributed by atoms with E-state index in [1.165, 1.54) is 24.8 Å². The molecule has 0 unspecified atom stereocenters. The van der Waals surface area contributed by atoms with E-state index in [2.05, 4.69) is 32.5 Å². The Balaban J connectivity index is 1.37. The fourth-order valence-corrected chi connectivity index (χ4v) is 4.28. The molecule has 1 heterocycles. The van der Waals surface area contributed by atoms with E-state index in [4.69, 9.17) is 4.74 Å². The first kappa shape index (κ1) is 20.7. The third kappa shape index (κ3) is 5.35. The molecule has 0 atom stereocenters. The molecule has 0 bridgehead atoms. The lowest BCUT2D eigenvalue weighted by molar-refractivity contribution is 0.414. The Labute approximate surface area is 182 Å². The molecule has 0 saturated heterocycles. The molecule has 0 spiro atoms. The average molecular weight is 437 g/mol. The number of ether oxygens (including phenoxy) is 1. The molecule has 31 heavy (non-hydrogen) atoms. The second-order valence-corrected chi connectivity index (χ2v) is 8.82. The lowest BCUT2D eigenvalue weighted by Gasteiger charge is -2.10. The number of nitrogens with one attached hydrogen (secondary N) is 3. The van der Waals surface area contributed by atoms with Gasteiger partial charge in [-0.1, -0.05) is 24.3 Å². The van der Waals surface area contributed by atoms with Gasteiger partial charge in [-0.15, -0.1) is 0 Å². The molecule has 3 aromatic rings. The van der Waals surface area contributed by atoms with Gasteiger partial charge in [-0.2, -0.15) is 0 Å². The van der Waals surface area contributed by atoms with E-state index in [1.54, 1.807) is 24.3 Å².